The lowest BCUT2D eigenvalue weighted by atomic mass is 10.1. The van der Waals surface area contributed by atoms with Crippen molar-refractivity contribution in [3.05, 3.63) is 45.9 Å². The molecular formula is C19H26F3N5S. The minimum atomic E-state index is -4.39. The first-order chi connectivity index (χ1) is 13.3. The maximum absolute atomic E-state index is 12.6. The molecule has 154 valence electrons. The van der Waals surface area contributed by atoms with Crippen LogP contribution in [0.2, 0.25) is 0 Å². The highest BCUT2D eigenvalue weighted by Crippen LogP contribution is 2.30. The highest BCUT2D eigenvalue weighted by Gasteiger charge is 2.33. The van der Waals surface area contributed by atoms with Crippen molar-refractivity contribution in [3.63, 3.8) is 0 Å². The molecule has 0 bridgehead atoms. The van der Waals surface area contributed by atoms with Gasteiger partial charge in [0.1, 0.15) is 0 Å². The number of anilines is 1. The normalized spacial score (nSPS) is 12.1. The quantitative estimate of drug-likeness (QED) is 0.513. The summed E-state index contributed by atoms with van der Waals surface area (Å²) < 4.78 is 37.8. The van der Waals surface area contributed by atoms with Crippen LogP contribution in [-0.4, -0.2) is 44.7 Å². The second-order valence-electron chi connectivity index (χ2n) is 6.37. The smallest absolute Gasteiger partial charge is 0.378 e. The van der Waals surface area contributed by atoms with Crippen LogP contribution in [0.15, 0.2) is 34.6 Å². The maximum atomic E-state index is 12.6. The van der Waals surface area contributed by atoms with Gasteiger partial charge in [-0.05, 0) is 31.0 Å². The number of halogens is 3. The molecule has 0 aliphatic carbocycles. The zero-order valence-corrected chi connectivity index (χ0v) is 17.1. The van der Waals surface area contributed by atoms with Crippen LogP contribution in [0.1, 0.15) is 23.2 Å². The van der Waals surface area contributed by atoms with Crippen molar-refractivity contribution in [1.82, 2.24) is 15.6 Å². The molecule has 28 heavy (non-hydrogen) atoms. The number of guanidine groups is 1. The number of hydrogen-bond acceptors (Lipinski definition) is 4. The van der Waals surface area contributed by atoms with Crippen LogP contribution in [0.25, 0.3) is 0 Å². The number of nitrogens with zero attached hydrogens (tertiary/aromatic N) is 3. The Morgan fingerprint density at radius 1 is 1.14 bits per heavy atom. The predicted octanol–water partition coefficient (Wildman–Crippen LogP) is 3.57. The van der Waals surface area contributed by atoms with Crippen LogP contribution in [-0.2, 0) is 19.0 Å². The molecule has 0 aliphatic heterocycles. The molecule has 9 heteroatoms. The van der Waals surface area contributed by atoms with E-state index in [1.165, 1.54) is 5.56 Å². The number of aromatic nitrogens is 1. The fraction of sp³-hybridized carbons (Fsp3) is 0.474. The van der Waals surface area contributed by atoms with Crippen LogP contribution < -0.4 is 15.5 Å². The van der Waals surface area contributed by atoms with Crippen molar-refractivity contribution in [2.75, 3.05) is 38.6 Å². The number of aliphatic imine (C=N–C) groups is 1. The molecule has 0 amide bonds. The molecule has 1 heterocycles. The van der Waals surface area contributed by atoms with E-state index in [9.17, 15) is 13.2 Å². The lowest BCUT2D eigenvalue weighted by molar-refractivity contribution is -0.140. The van der Waals surface area contributed by atoms with E-state index in [0.29, 0.717) is 37.0 Å². The fourth-order valence-corrected chi connectivity index (χ4v) is 3.24. The molecule has 0 aliphatic rings. The standard InChI is InChI=1S/C19H26F3N5S/c1-4-23-18(24-11-9-14-5-7-15(8-6-14)27(2)3)25-12-10-17-26-16(13-28-17)19(20,21)22/h5-8,13H,4,9-12H2,1-3H3,(H2,23,24,25). The Labute approximate surface area is 167 Å². The van der Waals surface area contributed by atoms with Crippen molar-refractivity contribution in [3.8, 4) is 0 Å². The van der Waals surface area contributed by atoms with Gasteiger partial charge in [-0.15, -0.1) is 11.3 Å². The molecule has 1 aromatic heterocycles. The number of alkyl halides is 3. The van der Waals surface area contributed by atoms with E-state index >= 15 is 0 Å². The van der Waals surface area contributed by atoms with Gasteiger partial charge in [-0.25, -0.2) is 4.98 Å². The number of hydrogen-bond donors (Lipinski definition) is 2. The summed E-state index contributed by atoms with van der Waals surface area (Å²) in [6, 6.07) is 8.36. The van der Waals surface area contributed by atoms with E-state index < -0.39 is 11.9 Å². The first-order valence-electron chi connectivity index (χ1n) is 9.09. The van der Waals surface area contributed by atoms with Gasteiger partial charge in [0.2, 0.25) is 0 Å². The highest BCUT2D eigenvalue weighted by atomic mass is 32.1. The van der Waals surface area contributed by atoms with Crippen LogP contribution in [0.3, 0.4) is 0 Å². The van der Waals surface area contributed by atoms with Gasteiger partial charge < -0.3 is 15.5 Å². The minimum absolute atomic E-state index is 0.373. The Bertz CT molecular complexity index is 754. The number of thiazole rings is 1. The summed E-state index contributed by atoms with van der Waals surface area (Å²) in [5.74, 6) is 0.653. The Hall–Kier alpha value is -2.29. The first-order valence-corrected chi connectivity index (χ1v) is 9.97. The Balaban J connectivity index is 1.82. The van der Waals surface area contributed by atoms with E-state index in [0.717, 1.165) is 28.8 Å². The average Bonchev–Trinajstić information content (AvgIpc) is 3.11. The topological polar surface area (TPSA) is 52.6 Å². The van der Waals surface area contributed by atoms with Gasteiger partial charge >= 0.3 is 6.18 Å². The van der Waals surface area contributed by atoms with Gasteiger partial charge in [0.05, 0.1) is 5.01 Å². The summed E-state index contributed by atoms with van der Waals surface area (Å²) in [5.41, 5.74) is 1.54. The van der Waals surface area contributed by atoms with Gasteiger partial charge in [0.15, 0.2) is 11.7 Å². The second-order valence-corrected chi connectivity index (χ2v) is 7.32. The SMILES string of the molecule is CCNC(=NCCc1nc(C(F)(F)F)cs1)NCCc1ccc(N(C)C)cc1. The van der Waals surface area contributed by atoms with E-state index in [1.807, 2.05) is 21.0 Å². The third kappa shape index (κ3) is 7.03. The first kappa shape index (κ1) is 22.0. The number of rotatable bonds is 8. The predicted molar refractivity (Wildman–Crippen MR) is 109 cm³/mol. The molecule has 2 N–H and O–H groups in total. The summed E-state index contributed by atoms with van der Waals surface area (Å²) in [6.45, 7) is 3.76. The van der Waals surface area contributed by atoms with E-state index in [1.54, 1.807) is 0 Å². The molecule has 2 rings (SSSR count). The lowest BCUT2D eigenvalue weighted by Crippen LogP contribution is -2.38. The van der Waals surface area contributed by atoms with E-state index in [-0.39, 0.29) is 0 Å². The van der Waals surface area contributed by atoms with Gasteiger partial charge in [-0.1, -0.05) is 12.1 Å². The van der Waals surface area contributed by atoms with E-state index in [4.69, 9.17) is 0 Å². The Kier molecular flexibility index (Phi) is 8.10. The summed E-state index contributed by atoms with van der Waals surface area (Å²) in [7, 11) is 4.01. The van der Waals surface area contributed by atoms with Crippen molar-refractivity contribution >= 4 is 23.0 Å². The van der Waals surface area contributed by atoms with Crippen molar-refractivity contribution in [2.24, 2.45) is 4.99 Å². The molecule has 2 aromatic rings. The van der Waals surface area contributed by atoms with Gasteiger partial charge in [0, 0.05) is 51.2 Å². The maximum Gasteiger partial charge on any atom is 0.434 e. The molecule has 1 aromatic carbocycles. The molecule has 5 nitrogen and oxygen atoms in total. The van der Waals surface area contributed by atoms with Crippen LogP contribution in [0, 0.1) is 0 Å². The highest BCUT2D eigenvalue weighted by molar-refractivity contribution is 7.09. The number of nitrogens with one attached hydrogen (secondary N) is 2. The third-order valence-corrected chi connectivity index (χ3v) is 4.85. The second kappa shape index (κ2) is 10.3. The van der Waals surface area contributed by atoms with Crippen molar-refractivity contribution < 1.29 is 13.2 Å². The van der Waals surface area contributed by atoms with Gasteiger partial charge in [0.25, 0.3) is 0 Å². The summed E-state index contributed by atoms with van der Waals surface area (Å²) in [5, 5.41) is 7.88. The van der Waals surface area contributed by atoms with Crippen LogP contribution in [0.5, 0.6) is 0 Å². The molecule has 0 atom stereocenters. The molecular weight excluding hydrogens is 387 g/mol. The zero-order valence-electron chi connectivity index (χ0n) is 16.3. The summed E-state index contributed by atoms with van der Waals surface area (Å²) >= 11 is 1.02. The largest absolute Gasteiger partial charge is 0.434 e. The number of benzene rings is 1. The molecule has 0 radical (unpaired) electrons. The van der Waals surface area contributed by atoms with E-state index in [2.05, 4.69) is 49.8 Å². The molecule has 0 saturated heterocycles. The molecule has 0 spiro atoms. The monoisotopic (exact) mass is 413 g/mol. The molecule has 0 saturated carbocycles. The molecule has 0 unspecified atom stereocenters. The fourth-order valence-electron chi connectivity index (χ4n) is 2.45. The van der Waals surface area contributed by atoms with Crippen molar-refractivity contribution in [2.45, 2.75) is 25.9 Å². The summed E-state index contributed by atoms with van der Waals surface area (Å²) in [6.07, 6.45) is -3.16. The Morgan fingerprint density at radius 3 is 2.43 bits per heavy atom. The van der Waals surface area contributed by atoms with Crippen LogP contribution >= 0.6 is 11.3 Å². The van der Waals surface area contributed by atoms with Gasteiger partial charge in [-0.3, -0.25) is 4.99 Å². The minimum Gasteiger partial charge on any atom is -0.378 e. The van der Waals surface area contributed by atoms with Gasteiger partial charge in [-0.2, -0.15) is 13.2 Å². The van der Waals surface area contributed by atoms with Crippen LogP contribution in [0.4, 0.5) is 18.9 Å². The Morgan fingerprint density at radius 2 is 1.86 bits per heavy atom. The molecule has 0 fully saturated rings. The average molecular weight is 414 g/mol. The summed E-state index contributed by atoms with van der Waals surface area (Å²) in [4.78, 5) is 10.1. The zero-order chi connectivity index (χ0) is 20.6. The lowest BCUT2D eigenvalue weighted by Gasteiger charge is -2.13. The van der Waals surface area contributed by atoms with Crippen molar-refractivity contribution in [1.29, 1.82) is 0 Å². The third-order valence-electron chi connectivity index (χ3n) is 3.94.